The lowest BCUT2D eigenvalue weighted by molar-refractivity contribution is -0.322. The van der Waals surface area contributed by atoms with Crippen LogP contribution in [0, 0.1) is 0 Å². The van der Waals surface area contributed by atoms with Gasteiger partial charge in [0.15, 0.2) is 0 Å². The number of rotatable bonds is 2. The predicted octanol–water partition coefficient (Wildman–Crippen LogP) is 2.45. The average molecular weight is 327 g/mol. The summed E-state index contributed by atoms with van der Waals surface area (Å²) in [6, 6.07) is 0. The summed E-state index contributed by atoms with van der Waals surface area (Å²) < 4.78 is 0. The van der Waals surface area contributed by atoms with Crippen LogP contribution in [0.1, 0.15) is 54.4 Å². The van der Waals surface area contributed by atoms with Gasteiger partial charge in [-0.25, -0.2) is 4.94 Å². The van der Waals surface area contributed by atoms with Gasteiger partial charge >= 0.3 is 0 Å². The number of nitrogens with zero attached hydrogens (tertiary/aromatic N) is 4. The molecule has 5 nitrogen and oxygen atoms in total. The highest BCUT2D eigenvalue weighted by Gasteiger charge is 2.27. The summed E-state index contributed by atoms with van der Waals surface area (Å²) >= 11 is 0. The Bertz CT molecular complexity index is 327. The molecule has 136 valence electrons. The lowest BCUT2D eigenvalue weighted by atomic mass is 10.1. The van der Waals surface area contributed by atoms with E-state index in [0.717, 1.165) is 39.3 Å². The largest absolute Gasteiger partial charge is 0.297 e. The molecule has 0 amide bonds. The van der Waals surface area contributed by atoms with Crippen LogP contribution in [0.15, 0.2) is 0 Å². The number of hydroxylamine groups is 4. The minimum Gasteiger partial charge on any atom is -0.297 e. The maximum absolute atomic E-state index is 6.23. The van der Waals surface area contributed by atoms with Gasteiger partial charge in [-0.2, -0.15) is 10.1 Å². The fourth-order valence-electron chi connectivity index (χ4n) is 3.46. The van der Waals surface area contributed by atoms with Gasteiger partial charge in [0, 0.05) is 63.4 Å². The lowest BCUT2D eigenvalue weighted by Gasteiger charge is -2.35. The van der Waals surface area contributed by atoms with Crippen LogP contribution in [0.4, 0.5) is 0 Å². The van der Waals surface area contributed by atoms with Crippen LogP contribution in [-0.2, 0) is 4.94 Å². The molecule has 5 heteroatoms. The van der Waals surface area contributed by atoms with E-state index in [1.807, 2.05) is 0 Å². The maximum Gasteiger partial charge on any atom is 0.0387 e. The molecule has 0 N–H and O–H groups in total. The molecule has 0 saturated carbocycles. The Labute approximate surface area is 143 Å². The molecule has 0 bridgehead atoms. The van der Waals surface area contributed by atoms with Crippen molar-refractivity contribution < 1.29 is 4.94 Å². The quantitative estimate of drug-likeness (QED) is 0.775. The van der Waals surface area contributed by atoms with Gasteiger partial charge in [-0.3, -0.25) is 9.80 Å². The molecule has 2 rings (SSSR count). The lowest BCUT2D eigenvalue weighted by Crippen LogP contribution is -2.45. The Morgan fingerprint density at radius 3 is 1.26 bits per heavy atom. The minimum absolute atomic E-state index is 0.256. The summed E-state index contributed by atoms with van der Waals surface area (Å²) in [5.41, 5.74) is 0.512. The van der Waals surface area contributed by atoms with E-state index in [1.54, 1.807) is 0 Å². The van der Waals surface area contributed by atoms with Gasteiger partial charge in [0.25, 0.3) is 0 Å². The van der Waals surface area contributed by atoms with E-state index in [1.165, 1.54) is 25.9 Å². The molecule has 0 atom stereocenters. The molecule has 2 fully saturated rings. The van der Waals surface area contributed by atoms with Crippen molar-refractivity contribution in [2.45, 2.75) is 65.5 Å². The predicted molar refractivity (Wildman–Crippen MR) is 96.1 cm³/mol. The first-order chi connectivity index (χ1) is 10.7. The molecular weight excluding hydrogens is 288 g/mol. The molecule has 2 aliphatic rings. The van der Waals surface area contributed by atoms with Crippen LogP contribution in [0.3, 0.4) is 0 Å². The summed E-state index contributed by atoms with van der Waals surface area (Å²) in [5, 5.41) is 4.36. The van der Waals surface area contributed by atoms with Crippen molar-refractivity contribution in [1.82, 2.24) is 19.9 Å². The van der Waals surface area contributed by atoms with Crippen molar-refractivity contribution in [3.63, 3.8) is 0 Å². The number of hydrogen-bond acceptors (Lipinski definition) is 5. The maximum atomic E-state index is 6.23. The summed E-state index contributed by atoms with van der Waals surface area (Å²) in [6.45, 7) is 22.4. The Kier molecular flexibility index (Phi) is 6.48. The summed E-state index contributed by atoms with van der Waals surface area (Å²) in [6.07, 6.45) is 2.36. The Morgan fingerprint density at radius 2 is 0.913 bits per heavy atom. The standard InChI is InChI=1S/C18H38N4O/c1-17(2,3)19-9-7-11-21(15-13-19)23-22-12-8-10-20(14-16-22)18(4,5)6/h7-16H2,1-6H3. The molecule has 0 aliphatic carbocycles. The zero-order valence-electron chi connectivity index (χ0n) is 16.3. The van der Waals surface area contributed by atoms with Crippen LogP contribution in [0.2, 0.25) is 0 Å². The van der Waals surface area contributed by atoms with Gasteiger partial charge in [-0.15, -0.1) is 0 Å². The van der Waals surface area contributed by atoms with Gasteiger partial charge in [0.1, 0.15) is 0 Å². The van der Waals surface area contributed by atoms with Crippen molar-refractivity contribution in [3.8, 4) is 0 Å². The second-order valence-corrected chi connectivity index (χ2v) is 8.96. The minimum atomic E-state index is 0.256. The van der Waals surface area contributed by atoms with E-state index in [4.69, 9.17) is 4.94 Å². The van der Waals surface area contributed by atoms with Gasteiger partial charge in [-0.05, 0) is 54.4 Å². The molecule has 2 aliphatic heterocycles. The summed E-state index contributed by atoms with van der Waals surface area (Å²) in [5.74, 6) is 0. The third-order valence-corrected chi connectivity index (χ3v) is 5.04. The fraction of sp³-hybridized carbons (Fsp3) is 1.00. The summed E-state index contributed by atoms with van der Waals surface area (Å²) in [4.78, 5) is 11.4. The molecule has 23 heavy (non-hydrogen) atoms. The Morgan fingerprint density at radius 1 is 0.522 bits per heavy atom. The first-order valence-electron chi connectivity index (χ1n) is 9.34. The number of hydrogen-bond donors (Lipinski definition) is 0. The van der Waals surface area contributed by atoms with E-state index in [-0.39, 0.29) is 11.1 Å². The van der Waals surface area contributed by atoms with Crippen molar-refractivity contribution in [2.24, 2.45) is 0 Å². The topological polar surface area (TPSA) is 22.2 Å². The first-order valence-corrected chi connectivity index (χ1v) is 9.34. The summed E-state index contributed by atoms with van der Waals surface area (Å²) in [7, 11) is 0. The first kappa shape index (κ1) is 19.1. The second kappa shape index (κ2) is 7.79. The average Bonchev–Trinajstić information content (AvgIpc) is 2.78. The van der Waals surface area contributed by atoms with Crippen LogP contribution in [0.25, 0.3) is 0 Å². The SMILES string of the molecule is CC(C)(C)N1CCCN(ON2CCCN(C(C)(C)C)CC2)CC1. The van der Waals surface area contributed by atoms with Crippen LogP contribution >= 0.6 is 0 Å². The molecule has 0 radical (unpaired) electrons. The third-order valence-electron chi connectivity index (χ3n) is 5.04. The molecule has 0 spiro atoms. The van der Waals surface area contributed by atoms with Gasteiger partial charge in [0.05, 0.1) is 0 Å². The molecule has 0 aromatic rings. The van der Waals surface area contributed by atoms with Crippen molar-refractivity contribution >= 4 is 0 Å². The van der Waals surface area contributed by atoms with Crippen molar-refractivity contribution in [1.29, 1.82) is 0 Å². The van der Waals surface area contributed by atoms with E-state index >= 15 is 0 Å². The smallest absolute Gasteiger partial charge is 0.0387 e. The van der Waals surface area contributed by atoms with E-state index in [2.05, 4.69) is 61.5 Å². The van der Waals surface area contributed by atoms with Crippen LogP contribution < -0.4 is 0 Å². The van der Waals surface area contributed by atoms with Crippen LogP contribution in [0.5, 0.6) is 0 Å². The molecule has 2 heterocycles. The monoisotopic (exact) mass is 326 g/mol. The normalized spacial score (nSPS) is 25.3. The zero-order valence-corrected chi connectivity index (χ0v) is 16.3. The Hall–Kier alpha value is -0.200. The van der Waals surface area contributed by atoms with Gasteiger partial charge in [0.2, 0.25) is 0 Å². The Balaban J connectivity index is 1.81. The highest BCUT2D eigenvalue weighted by atomic mass is 16.8. The highest BCUT2D eigenvalue weighted by molar-refractivity contribution is 4.80. The molecule has 0 aromatic carbocycles. The highest BCUT2D eigenvalue weighted by Crippen LogP contribution is 2.18. The van der Waals surface area contributed by atoms with Crippen molar-refractivity contribution in [2.75, 3.05) is 52.4 Å². The molecular formula is C18H38N4O. The zero-order chi connectivity index (χ0) is 17.1. The third kappa shape index (κ3) is 5.98. The fourth-order valence-corrected chi connectivity index (χ4v) is 3.46. The van der Waals surface area contributed by atoms with Gasteiger partial charge < -0.3 is 0 Å². The molecule has 0 aromatic heterocycles. The van der Waals surface area contributed by atoms with Crippen LogP contribution in [-0.4, -0.2) is 83.4 Å². The van der Waals surface area contributed by atoms with E-state index in [9.17, 15) is 0 Å². The molecule has 2 saturated heterocycles. The van der Waals surface area contributed by atoms with Gasteiger partial charge in [-0.1, -0.05) is 0 Å². The van der Waals surface area contributed by atoms with E-state index in [0.29, 0.717) is 0 Å². The van der Waals surface area contributed by atoms with Crippen molar-refractivity contribution in [3.05, 3.63) is 0 Å². The molecule has 0 unspecified atom stereocenters. The van der Waals surface area contributed by atoms with E-state index < -0.39 is 0 Å². The second-order valence-electron chi connectivity index (χ2n) is 8.96.